The zero-order valence-corrected chi connectivity index (χ0v) is 15.9. The average molecular weight is 340 g/mol. The molecule has 3 nitrogen and oxygen atoms in total. The summed E-state index contributed by atoms with van der Waals surface area (Å²) in [5.74, 6) is -0.0764. The fourth-order valence-electron chi connectivity index (χ4n) is 2.70. The molecule has 1 fully saturated rings. The zero-order chi connectivity index (χ0) is 17.3. The Hall–Kier alpha value is -0.753. The lowest BCUT2D eigenvalue weighted by atomic mass is 9.92. The smallest absolute Gasteiger partial charge is 0.192 e. The summed E-state index contributed by atoms with van der Waals surface area (Å²) >= 11 is 0. The maximum atomic E-state index is 13.9. The highest BCUT2D eigenvalue weighted by Crippen LogP contribution is 2.39. The summed E-state index contributed by atoms with van der Waals surface area (Å²) in [6.45, 7) is 12.3. The van der Waals surface area contributed by atoms with Crippen molar-refractivity contribution in [1.82, 2.24) is 0 Å². The molecule has 0 spiro atoms. The standard InChI is InChI=1S/C18H30FNO2Si/c1-18(2,3)23(4,5)22-17-12-21-11-14(17)16(20)10-13-8-6-7-9-15(13)19/h6-9,14,16-17H,10-12,20H2,1-5H3/t14-,16+,17-/m1/s1. The number of rotatable bonds is 5. The molecule has 1 aliphatic rings. The zero-order valence-electron chi connectivity index (χ0n) is 14.9. The van der Waals surface area contributed by atoms with Gasteiger partial charge in [0.15, 0.2) is 8.32 Å². The maximum Gasteiger partial charge on any atom is 0.192 e. The van der Waals surface area contributed by atoms with Crippen molar-refractivity contribution in [3.63, 3.8) is 0 Å². The van der Waals surface area contributed by atoms with E-state index in [0.29, 0.717) is 25.2 Å². The van der Waals surface area contributed by atoms with Crippen LogP contribution in [0.3, 0.4) is 0 Å². The van der Waals surface area contributed by atoms with Crippen molar-refractivity contribution in [3.05, 3.63) is 35.6 Å². The minimum absolute atomic E-state index is 0.0117. The van der Waals surface area contributed by atoms with E-state index in [4.69, 9.17) is 14.9 Å². The molecule has 5 heteroatoms. The summed E-state index contributed by atoms with van der Waals surface area (Å²) in [6, 6.07) is 6.67. The van der Waals surface area contributed by atoms with Crippen LogP contribution in [-0.4, -0.2) is 33.7 Å². The number of ether oxygens (including phenoxy) is 1. The van der Waals surface area contributed by atoms with Crippen LogP contribution in [-0.2, 0) is 15.6 Å². The summed E-state index contributed by atoms with van der Waals surface area (Å²) < 4.78 is 26.0. The van der Waals surface area contributed by atoms with Crippen molar-refractivity contribution in [3.8, 4) is 0 Å². The molecule has 0 aromatic heterocycles. The van der Waals surface area contributed by atoms with E-state index in [2.05, 4.69) is 33.9 Å². The minimum atomic E-state index is -1.87. The molecule has 0 amide bonds. The fraction of sp³-hybridized carbons (Fsp3) is 0.667. The largest absolute Gasteiger partial charge is 0.411 e. The third-order valence-corrected chi connectivity index (χ3v) is 9.79. The first-order valence-corrected chi connectivity index (χ1v) is 11.3. The Morgan fingerprint density at radius 2 is 1.96 bits per heavy atom. The van der Waals surface area contributed by atoms with Crippen molar-refractivity contribution >= 4 is 8.32 Å². The molecular formula is C18H30FNO2Si. The summed E-state index contributed by atoms with van der Waals surface area (Å²) in [5, 5.41) is 0.149. The molecule has 2 rings (SSSR count). The molecule has 1 aromatic carbocycles. The molecule has 2 N–H and O–H groups in total. The van der Waals surface area contributed by atoms with Gasteiger partial charge in [0, 0.05) is 12.0 Å². The Bertz CT molecular complexity index is 530. The second-order valence-electron chi connectivity index (χ2n) is 8.08. The topological polar surface area (TPSA) is 44.5 Å². The highest BCUT2D eigenvalue weighted by Gasteiger charge is 2.43. The number of hydrogen-bond acceptors (Lipinski definition) is 3. The Kier molecular flexibility index (Phi) is 5.66. The van der Waals surface area contributed by atoms with Gasteiger partial charge in [-0.1, -0.05) is 39.0 Å². The van der Waals surface area contributed by atoms with E-state index in [-0.39, 0.29) is 28.9 Å². The van der Waals surface area contributed by atoms with E-state index >= 15 is 0 Å². The van der Waals surface area contributed by atoms with Gasteiger partial charge in [0.2, 0.25) is 0 Å². The molecule has 0 saturated carbocycles. The summed E-state index contributed by atoms with van der Waals surface area (Å²) in [4.78, 5) is 0. The van der Waals surface area contributed by atoms with E-state index in [1.165, 1.54) is 6.07 Å². The van der Waals surface area contributed by atoms with Crippen molar-refractivity contribution in [2.45, 2.75) is 57.5 Å². The van der Waals surface area contributed by atoms with Crippen LogP contribution >= 0.6 is 0 Å². The number of nitrogens with two attached hydrogens (primary N) is 1. The van der Waals surface area contributed by atoms with Crippen LogP contribution in [0.25, 0.3) is 0 Å². The van der Waals surface area contributed by atoms with Crippen LogP contribution in [0.1, 0.15) is 26.3 Å². The molecule has 0 unspecified atom stereocenters. The van der Waals surface area contributed by atoms with E-state index < -0.39 is 8.32 Å². The molecule has 0 radical (unpaired) electrons. The second-order valence-corrected chi connectivity index (χ2v) is 12.8. The predicted octanol–water partition coefficient (Wildman–Crippen LogP) is 3.73. The van der Waals surface area contributed by atoms with Gasteiger partial charge in [0.05, 0.1) is 19.3 Å². The third kappa shape index (κ3) is 4.41. The second kappa shape index (κ2) is 7.01. The van der Waals surface area contributed by atoms with Crippen LogP contribution in [0, 0.1) is 11.7 Å². The van der Waals surface area contributed by atoms with E-state index in [1.807, 2.05) is 6.07 Å². The van der Waals surface area contributed by atoms with Crippen molar-refractivity contribution in [2.24, 2.45) is 11.7 Å². The first-order valence-electron chi connectivity index (χ1n) is 8.36. The highest BCUT2D eigenvalue weighted by molar-refractivity contribution is 6.74. The lowest BCUT2D eigenvalue weighted by Crippen LogP contribution is -2.49. The minimum Gasteiger partial charge on any atom is -0.411 e. The van der Waals surface area contributed by atoms with Gasteiger partial charge in [-0.15, -0.1) is 0 Å². The number of hydrogen-bond donors (Lipinski definition) is 1. The lowest BCUT2D eigenvalue weighted by molar-refractivity contribution is 0.121. The Morgan fingerprint density at radius 1 is 1.30 bits per heavy atom. The van der Waals surface area contributed by atoms with E-state index in [1.54, 1.807) is 12.1 Å². The van der Waals surface area contributed by atoms with Gasteiger partial charge in [-0.25, -0.2) is 4.39 Å². The number of benzene rings is 1. The first-order chi connectivity index (χ1) is 10.6. The van der Waals surface area contributed by atoms with Crippen molar-refractivity contribution in [2.75, 3.05) is 13.2 Å². The fourth-order valence-corrected chi connectivity index (χ4v) is 4.05. The van der Waals surface area contributed by atoms with Gasteiger partial charge >= 0.3 is 0 Å². The molecule has 1 heterocycles. The van der Waals surface area contributed by atoms with E-state index in [0.717, 1.165) is 0 Å². The van der Waals surface area contributed by atoms with Crippen LogP contribution in [0.15, 0.2) is 24.3 Å². The summed E-state index contributed by atoms with van der Waals surface area (Å²) in [6.07, 6.45) is 0.524. The van der Waals surface area contributed by atoms with Gasteiger partial charge < -0.3 is 14.9 Å². The van der Waals surface area contributed by atoms with E-state index in [9.17, 15) is 4.39 Å². The third-order valence-electron chi connectivity index (χ3n) is 5.29. The predicted molar refractivity (Wildman–Crippen MR) is 94.5 cm³/mol. The van der Waals surface area contributed by atoms with Gasteiger partial charge in [-0.05, 0) is 36.2 Å². The molecule has 0 aliphatic carbocycles. The maximum absolute atomic E-state index is 13.9. The van der Waals surface area contributed by atoms with Crippen molar-refractivity contribution < 1.29 is 13.6 Å². The molecule has 1 aromatic rings. The van der Waals surface area contributed by atoms with Gasteiger partial charge in [0.1, 0.15) is 5.82 Å². The summed E-state index contributed by atoms with van der Waals surface area (Å²) in [5.41, 5.74) is 7.05. The van der Waals surface area contributed by atoms with Crippen molar-refractivity contribution in [1.29, 1.82) is 0 Å². The van der Waals surface area contributed by atoms with Gasteiger partial charge in [0.25, 0.3) is 0 Å². The van der Waals surface area contributed by atoms with Crippen LogP contribution in [0.5, 0.6) is 0 Å². The normalized spacial score (nSPS) is 24.0. The molecular weight excluding hydrogens is 309 g/mol. The highest BCUT2D eigenvalue weighted by atomic mass is 28.4. The molecule has 1 saturated heterocycles. The molecule has 23 heavy (non-hydrogen) atoms. The lowest BCUT2D eigenvalue weighted by Gasteiger charge is -2.40. The number of halogens is 1. The van der Waals surface area contributed by atoms with Crippen LogP contribution in [0.2, 0.25) is 18.1 Å². The molecule has 0 bridgehead atoms. The summed E-state index contributed by atoms with van der Waals surface area (Å²) in [7, 11) is -1.87. The Morgan fingerprint density at radius 3 is 2.57 bits per heavy atom. The molecule has 1 aliphatic heterocycles. The quantitative estimate of drug-likeness (QED) is 0.831. The average Bonchev–Trinajstić information content (AvgIpc) is 2.87. The Balaban J connectivity index is 2.05. The molecule has 130 valence electrons. The molecule has 3 atom stereocenters. The Labute approximate surface area is 140 Å². The van der Waals surface area contributed by atoms with Crippen LogP contribution in [0.4, 0.5) is 4.39 Å². The van der Waals surface area contributed by atoms with Crippen LogP contribution < -0.4 is 5.73 Å². The van der Waals surface area contributed by atoms with Gasteiger partial charge in [-0.3, -0.25) is 0 Å². The SMILES string of the molecule is CC(C)(C)[Si](C)(C)O[C@@H]1COC[C@@H]1[C@@H](N)Cc1ccccc1F. The monoisotopic (exact) mass is 339 g/mol. The first kappa shape index (κ1) is 18.6. The van der Waals surface area contributed by atoms with Gasteiger partial charge in [-0.2, -0.15) is 0 Å².